The lowest BCUT2D eigenvalue weighted by molar-refractivity contribution is -0.385. The van der Waals surface area contributed by atoms with Gasteiger partial charge in [0.25, 0.3) is 11.6 Å². The molecule has 0 aliphatic carbocycles. The van der Waals surface area contributed by atoms with Gasteiger partial charge in [-0.3, -0.25) is 10.1 Å². The quantitative estimate of drug-likeness (QED) is 0.629. The summed E-state index contributed by atoms with van der Waals surface area (Å²) in [6.07, 6.45) is 2.88. The van der Waals surface area contributed by atoms with Gasteiger partial charge in [0.1, 0.15) is 5.75 Å². The van der Waals surface area contributed by atoms with Crippen molar-refractivity contribution < 1.29 is 9.66 Å². The van der Waals surface area contributed by atoms with E-state index >= 15 is 0 Å². The molecule has 0 unspecified atom stereocenters. The Morgan fingerprint density at radius 3 is 2.67 bits per heavy atom. The summed E-state index contributed by atoms with van der Waals surface area (Å²) in [5.74, 6) is 0.577. The predicted molar refractivity (Wildman–Crippen MR) is 64.9 cm³/mol. The molecule has 6 nitrogen and oxygen atoms in total. The van der Waals surface area contributed by atoms with Crippen LogP contribution in [0.1, 0.15) is 5.56 Å². The molecule has 0 saturated heterocycles. The normalized spacial score (nSPS) is 10.1. The number of nitro groups is 1. The van der Waals surface area contributed by atoms with Crippen LogP contribution in [0.15, 0.2) is 30.6 Å². The molecule has 18 heavy (non-hydrogen) atoms. The fourth-order valence-corrected chi connectivity index (χ4v) is 1.53. The number of aryl methyl sites for hydroxylation is 1. The summed E-state index contributed by atoms with van der Waals surface area (Å²) >= 11 is 5.79. The monoisotopic (exact) mass is 265 g/mol. The second-order valence-electron chi connectivity index (χ2n) is 3.46. The van der Waals surface area contributed by atoms with Crippen LogP contribution in [-0.4, -0.2) is 14.9 Å². The van der Waals surface area contributed by atoms with Crippen LogP contribution in [0.2, 0.25) is 5.15 Å². The first-order valence-corrected chi connectivity index (χ1v) is 5.35. The number of aromatic nitrogens is 2. The Balaban J connectivity index is 2.29. The van der Waals surface area contributed by atoms with Gasteiger partial charge in [0.2, 0.25) is 0 Å². The van der Waals surface area contributed by atoms with E-state index in [-0.39, 0.29) is 16.7 Å². The molecular formula is C11H8ClN3O3. The van der Waals surface area contributed by atoms with Crippen molar-refractivity contribution in [2.45, 2.75) is 6.92 Å². The van der Waals surface area contributed by atoms with E-state index in [0.29, 0.717) is 11.3 Å². The molecule has 0 atom stereocenters. The molecule has 0 spiro atoms. The smallest absolute Gasteiger partial charge is 0.272 e. The average Bonchev–Trinajstić information content (AvgIpc) is 2.32. The van der Waals surface area contributed by atoms with Crippen LogP contribution < -0.4 is 4.74 Å². The Labute approximate surface area is 107 Å². The Morgan fingerprint density at radius 2 is 2.06 bits per heavy atom. The molecule has 0 radical (unpaired) electrons. The van der Waals surface area contributed by atoms with E-state index in [4.69, 9.17) is 16.3 Å². The van der Waals surface area contributed by atoms with Crippen molar-refractivity contribution in [3.8, 4) is 11.6 Å². The van der Waals surface area contributed by atoms with E-state index in [1.54, 1.807) is 13.0 Å². The van der Waals surface area contributed by atoms with Crippen LogP contribution in [-0.2, 0) is 0 Å². The van der Waals surface area contributed by atoms with Crippen LogP contribution in [0.5, 0.6) is 11.6 Å². The number of benzene rings is 1. The molecule has 7 heteroatoms. The molecule has 0 saturated carbocycles. The zero-order valence-electron chi connectivity index (χ0n) is 9.33. The van der Waals surface area contributed by atoms with Crippen LogP contribution in [0.3, 0.4) is 0 Å². The van der Waals surface area contributed by atoms with E-state index in [2.05, 4.69) is 9.97 Å². The van der Waals surface area contributed by atoms with Crippen molar-refractivity contribution in [3.63, 3.8) is 0 Å². The molecule has 2 aromatic rings. The maximum Gasteiger partial charge on any atom is 0.272 e. The molecule has 0 amide bonds. The third kappa shape index (κ3) is 2.54. The molecule has 0 aliphatic rings. The summed E-state index contributed by atoms with van der Waals surface area (Å²) in [5, 5.41) is 10.8. The molecule has 0 N–H and O–H groups in total. The highest BCUT2D eigenvalue weighted by atomic mass is 35.5. The minimum Gasteiger partial charge on any atom is -0.436 e. The van der Waals surface area contributed by atoms with Gasteiger partial charge in [0.05, 0.1) is 4.92 Å². The first kappa shape index (κ1) is 12.3. The second kappa shape index (κ2) is 4.97. The van der Waals surface area contributed by atoms with Crippen molar-refractivity contribution in [2.75, 3.05) is 0 Å². The van der Waals surface area contributed by atoms with Gasteiger partial charge in [-0.2, -0.15) is 0 Å². The van der Waals surface area contributed by atoms with Gasteiger partial charge in [0, 0.05) is 24.0 Å². The standard InChI is InChI=1S/C11H8ClN3O3/c1-7-6-8(2-3-9(7)15(16)17)18-11-10(12)13-4-5-14-11/h2-6H,1H3. The van der Waals surface area contributed by atoms with Crippen molar-refractivity contribution in [1.29, 1.82) is 0 Å². The molecule has 0 bridgehead atoms. The predicted octanol–water partition coefficient (Wildman–Crippen LogP) is 3.14. The van der Waals surface area contributed by atoms with Gasteiger partial charge < -0.3 is 4.74 Å². The number of rotatable bonds is 3. The van der Waals surface area contributed by atoms with Crippen molar-refractivity contribution >= 4 is 17.3 Å². The van der Waals surface area contributed by atoms with Gasteiger partial charge in [-0.1, -0.05) is 11.6 Å². The molecule has 0 fully saturated rings. The van der Waals surface area contributed by atoms with Crippen LogP contribution in [0.4, 0.5) is 5.69 Å². The summed E-state index contributed by atoms with van der Waals surface area (Å²) < 4.78 is 5.40. The van der Waals surface area contributed by atoms with Crippen LogP contribution >= 0.6 is 11.6 Å². The molecular weight excluding hydrogens is 258 g/mol. The summed E-state index contributed by atoms with van der Waals surface area (Å²) in [6.45, 7) is 1.63. The highest BCUT2D eigenvalue weighted by Crippen LogP contribution is 2.28. The van der Waals surface area contributed by atoms with Crippen molar-refractivity contribution in [3.05, 3.63) is 51.4 Å². The number of hydrogen-bond acceptors (Lipinski definition) is 5. The fourth-order valence-electron chi connectivity index (χ4n) is 1.38. The number of nitrogens with zero attached hydrogens (tertiary/aromatic N) is 3. The molecule has 1 aromatic heterocycles. The molecule has 92 valence electrons. The number of halogens is 1. The van der Waals surface area contributed by atoms with Crippen molar-refractivity contribution in [1.82, 2.24) is 9.97 Å². The number of hydrogen-bond donors (Lipinski definition) is 0. The van der Waals surface area contributed by atoms with Gasteiger partial charge in [-0.25, -0.2) is 9.97 Å². The van der Waals surface area contributed by atoms with Gasteiger partial charge in [-0.15, -0.1) is 0 Å². The second-order valence-corrected chi connectivity index (χ2v) is 3.82. The first-order valence-electron chi connectivity index (χ1n) is 4.97. The van der Waals surface area contributed by atoms with Gasteiger partial charge in [0.15, 0.2) is 5.15 Å². The topological polar surface area (TPSA) is 78.2 Å². The number of nitro benzene ring substituents is 1. The first-order chi connectivity index (χ1) is 8.58. The summed E-state index contributed by atoms with van der Waals surface area (Å²) in [7, 11) is 0. The van der Waals surface area contributed by atoms with Crippen LogP contribution in [0.25, 0.3) is 0 Å². The maximum absolute atomic E-state index is 10.7. The average molecular weight is 266 g/mol. The minimum absolute atomic E-state index is 0.0348. The lowest BCUT2D eigenvalue weighted by atomic mass is 10.2. The summed E-state index contributed by atoms with van der Waals surface area (Å²) in [4.78, 5) is 17.9. The fraction of sp³-hybridized carbons (Fsp3) is 0.0909. The highest BCUT2D eigenvalue weighted by molar-refractivity contribution is 6.30. The lowest BCUT2D eigenvalue weighted by Crippen LogP contribution is -1.94. The summed E-state index contributed by atoms with van der Waals surface area (Å²) in [6, 6.07) is 4.40. The van der Waals surface area contributed by atoms with E-state index in [0.717, 1.165) is 0 Å². The summed E-state index contributed by atoms with van der Waals surface area (Å²) in [5.41, 5.74) is 0.533. The molecule has 2 rings (SSSR count). The largest absolute Gasteiger partial charge is 0.436 e. The highest BCUT2D eigenvalue weighted by Gasteiger charge is 2.12. The Morgan fingerprint density at radius 1 is 1.33 bits per heavy atom. The third-order valence-corrected chi connectivity index (χ3v) is 2.46. The molecule has 1 aromatic carbocycles. The van der Waals surface area contributed by atoms with E-state index < -0.39 is 4.92 Å². The zero-order chi connectivity index (χ0) is 13.1. The SMILES string of the molecule is Cc1cc(Oc2nccnc2Cl)ccc1[N+](=O)[O-]. The van der Waals surface area contributed by atoms with Crippen molar-refractivity contribution in [2.24, 2.45) is 0 Å². The lowest BCUT2D eigenvalue weighted by Gasteiger charge is -2.06. The molecule has 0 aliphatic heterocycles. The molecule has 1 heterocycles. The Kier molecular flexibility index (Phi) is 3.38. The maximum atomic E-state index is 10.7. The van der Waals surface area contributed by atoms with E-state index in [9.17, 15) is 10.1 Å². The number of ether oxygens (including phenoxy) is 1. The zero-order valence-corrected chi connectivity index (χ0v) is 10.1. The van der Waals surface area contributed by atoms with Crippen LogP contribution in [0, 0.1) is 17.0 Å². The van der Waals surface area contributed by atoms with E-state index in [1.807, 2.05) is 0 Å². The third-order valence-electron chi connectivity index (χ3n) is 2.20. The van der Waals surface area contributed by atoms with Gasteiger partial charge in [-0.05, 0) is 19.1 Å². The Bertz CT molecular complexity index is 604. The van der Waals surface area contributed by atoms with E-state index in [1.165, 1.54) is 24.5 Å². The minimum atomic E-state index is -0.450. The van der Waals surface area contributed by atoms with Gasteiger partial charge >= 0.3 is 0 Å². The Hall–Kier alpha value is -2.21.